The van der Waals surface area contributed by atoms with Crippen molar-refractivity contribution in [3.8, 4) is 11.4 Å². The third-order valence-electron chi connectivity index (χ3n) is 2.28. The molecule has 0 aliphatic heterocycles. The zero-order valence-electron chi connectivity index (χ0n) is 10.0. The molecule has 2 N–H and O–H groups in total. The normalized spacial score (nSPS) is 10.4. The van der Waals surface area contributed by atoms with Crippen LogP contribution in [0.15, 0.2) is 12.1 Å². The fourth-order valence-electron chi connectivity index (χ4n) is 1.42. The van der Waals surface area contributed by atoms with Crippen LogP contribution in [0.3, 0.4) is 0 Å². The summed E-state index contributed by atoms with van der Waals surface area (Å²) < 4.78 is 4.58. The number of carbonyl (C=O) groups excluding carboxylic acids is 1. The van der Waals surface area contributed by atoms with Crippen LogP contribution >= 0.6 is 34.8 Å². The first kappa shape index (κ1) is 14.8. The first-order valence-electron chi connectivity index (χ1n) is 5.17. The molecule has 2 aromatic heterocycles. The highest BCUT2D eigenvalue weighted by atomic mass is 35.5. The van der Waals surface area contributed by atoms with Gasteiger partial charge in [0.2, 0.25) is 0 Å². The summed E-state index contributed by atoms with van der Waals surface area (Å²) in [6.45, 7) is 0. The highest BCUT2D eigenvalue weighted by Crippen LogP contribution is 2.27. The molecule has 0 fully saturated rings. The van der Waals surface area contributed by atoms with Gasteiger partial charge in [-0.3, -0.25) is 0 Å². The van der Waals surface area contributed by atoms with Crippen LogP contribution in [0.1, 0.15) is 10.5 Å². The van der Waals surface area contributed by atoms with Gasteiger partial charge in [0, 0.05) is 5.56 Å². The maximum absolute atomic E-state index is 11.6. The number of hydrogen-bond donors (Lipinski definition) is 1. The smallest absolute Gasteiger partial charge is 0.358 e. The molecule has 2 heterocycles. The number of anilines is 1. The van der Waals surface area contributed by atoms with Gasteiger partial charge in [-0.1, -0.05) is 34.8 Å². The van der Waals surface area contributed by atoms with Crippen molar-refractivity contribution < 1.29 is 9.53 Å². The second-order valence-electron chi connectivity index (χ2n) is 3.59. The van der Waals surface area contributed by atoms with Crippen LogP contribution in [0.5, 0.6) is 0 Å². The van der Waals surface area contributed by atoms with Gasteiger partial charge in [0.05, 0.1) is 7.11 Å². The van der Waals surface area contributed by atoms with E-state index in [0.717, 1.165) is 0 Å². The number of nitrogens with zero attached hydrogens (tertiary/aromatic N) is 3. The summed E-state index contributed by atoms with van der Waals surface area (Å²) in [6, 6.07) is 2.97. The van der Waals surface area contributed by atoms with Gasteiger partial charge in [-0.25, -0.2) is 19.7 Å². The van der Waals surface area contributed by atoms with Gasteiger partial charge in [-0.15, -0.1) is 0 Å². The van der Waals surface area contributed by atoms with Crippen molar-refractivity contribution >= 4 is 46.6 Å². The Morgan fingerprint density at radius 3 is 2.30 bits per heavy atom. The number of carbonyl (C=O) groups is 1. The van der Waals surface area contributed by atoms with E-state index >= 15 is 0 Å². The van der Waals surface area contributed by atoms with Crippen molar-refractivity contribution in [3.63, 3.8) is 0 Å². The molecule has 0 aromatic carbocycles. The van der Waals surface area contributed by atoms with Gasteiger partial charge in [-0.2, -0.15) is 0 Å². The maximum Gasteiger partial charge on any atom is 0.358 e. The molecular formula is C11H7Cl3N4O2. The number of ether oxygens (including phenoxy) is 1. The van der Waals surface area contributed by atoms with Gasteiger partial charge in [0.1, 0.15) is 21.1 Å². The minimum atomic E-state index is -0.725. The lowest BCUT2D eigenvalue weighted by molar-refractivity contribution is 0.0594. The summed E-state index contributed by atoms with van der Waals surface area (Å²) in [5.74, 6) is -0.642. The number of nitrogen functional groups attached to an aromatic ring is 1. The SMILES string of the molecule is COC(=O)c1nc(-c2cc(Cl)nc(Cl)c2)nc(N)c1Cl. The Morgan fingerprint density at radius 2 is 1.75 bits per heavy atom. The Kier molecular flexibility index (Phi) is 4.27. The average molecular weight is 334 g/mol. The fraction of sp³-hybridized carbons (Fsp3) is 0.0909. The quantitative estimate of drug-likeness (QED) is 0.671. The van der Waals surface area contributed by atoms with Gasteiger partial charge in [0.25, 0.3) is 0 Å². The summed E-state index contributed by atoms with van der Waals surface area (Å²) in [7, 11) is 1.21. The molecule has 2 aromatic rings. The molecule has 2 rings (SSSR count). The molecule has 9 heteroatoms. The van der Waals surface area contributed by atoms with E-state index in [9.17, 15) is 4.79 Å². The second-order valence-corrected chi connectivity index (χ2v) is 4.74. The number of halogens is 3. The molecule has 0 bridgehead atoms. The van der Waals surface area contributed by atoms with Crippen molar-refractivity contribution in [1.82, 2.24) is 15.0 Å². The van der Waals surface area contributed by atoms with E-state index in [2.05, 4.69) is 19.7 Å². The molecule has 0 unspecified atom stereocenters. The molecule has 0 amide bonds. The summed E-state index contributed by atoms with van der Waals surface area (Å²) in [6.07, 6.45) is 0. The minimum Gasteiger partial charge on any atom is -0.464 e. The minimum absolute atomic E-state index is 0.0545. The number of methoxy groups -OCH3 is 1. The van der Waals surface area contributed by atoms with E-state index in [0.29, 0.717) is 5.56 Å². The van der Waals surface area contributed by atoms with E-state index < -0.39 is 5.97 Å². The van der Waals surface area contributed by atoms with Crippen molar-refractivity contribution in [2.24, 2.45) is 0 Å². The summed E-state index contributed by atoms with van der Waals surface area (Å²) in [5, 5.41) is 0.236. The lowest BCUT2D eigenvalue weighted by Gasteiger charge is -2.07. The van der Waals surface area contributed by atoms with Gasteiger partial charge in [-0.05, 0) is 12.1 Å². The number of nitrogens with two attached hydrogens (primary N) is 1. The zero-order chi connectivity index (χ0) is 14.9. The third-order valence-corrected chi connectivity index (χ3v) is 3.04. The molecule has 0 aliphatic rings. The molecular weight excluding hydrogens is 327 g/mol. The van der Waals surface area contributed by atoms with E-state index in [1.807, 2.05) is 0 Å². The summed E-state index contributed by atoms with van der Waals surface area (Å²) in [5.41, 5.74) is 5.96. The van der Waals surface area contributed by atoms with Crippen LogP contribution in [0.4, 0.5) is 5.82 Å². The van der Waals surface area contributed by atoms with Crippen LogP contribution in [0, 0.1) is 0 Å². The van der Waals surface area contributed by atoms with Gasteiger partial charge >= 0.3 is 5.97 Å². The van der Waals surface area contributed by atoms with E-state index in [-0.39, 0.29) is 32.7 Å². The van der Waals surface area contributed by atoms with Crippen LogP contribution in [0.25, 0.3) is 11.4 Å². The number of hydrogen-bond acceptors (Lipinski definition) is 6. The Labute approximate surface area is 128 Å². The number of esters is 1. The number of aromatic nitrogens is 3. The Bertz CT molecular complexity index is 673. The van der Waals surface area contributed by atoms with Crippen molar-refractivity contribution in [2.45, 2.75) is 0 Å². The maximum atomic E-state index is 11.6. The Morgan fingerprint density at radius 1 is 1.15 bits per heavy atom. The second kappa shape index (κ2) is 5.78. The van der Waals surface area contributed by atoms with E-state index in [1.165, 1.54) is 19.2 Å². The highest BCUT2D eigenvalue weighted by molar-refractivity contribution is 6.35. The van der Waals surface area contributed by atoms with Crippen molar-refractivity contribution in [2.75, 3.05) is 12.8 Å². The summed E-state index contributed by atoms with van der Waals surface area (Å²) in [4.78, 5) is 23.4. The van der Waals surface area contributed by atoms with Crippen molar-refractivity contribution in [1.29, 1.82) is 0 Å². The van der Waals surface area contributed by atoms with Crippen molar-refractivity contribution in [3.05, 3.63) is 33.2 Å². The third kappa shape index (κ3) is 2.92. The molecule has 0 saturated carbocycles. The Balaban J connectivity index is 2.63. The molecule has 20 heavy (non-hydrogen) atoms. The number of pyridine rings is 1. The number of rotatable bonds is 2. The molecule has 0 radical (unpaired) electrons. The fourth-order valence-corrected chi connectivity index (χ4v) is 2.04. The molecule has 104 valence electrons. The molecule has 6 nitrogen and oxygen atoms in total. The lowest BCUT2D eigenvalue weighted by atomic mass is 10.2. The zero-order valence-corrected chi connectivity index (χ0v) is 12.3. The van der Waals surface area contributed by atoms with Crippen LogP contribution in [0.2, 0.25) is 15.3 Å². The predicted molar refractivity (Wildman–Crippen MR) is 76.0 cm³/mol. The van der Waals surface area contributed by atoms with Gasteiger partial charge in [0.15, 0.2) is 11.5 Å². The molecule has 0 saturated heterocycles. The van der Waals surface area contributed by atoms with E-state index in [1.54, 1.807) is 0 Å². The topological polar surface area (TPSA) is 91.0 Å². The predicted octanol–water partition coefficient (Wildman–Crippen LogP) is 2.87. The lowest BCUT2D eigenvalue weighted by Crippen LogP contribution is -2.10. The van der Waals surface area contributed by atoms with Crippen LogP contribution in [-0.4, -0.2) is 28.0 Å². The standard InChI is InChI=1S/C11H7Cl3N4O2/c1-20-11(19)8-7(14)9(15)18-10(17-8)4-2-5(12)16-6(13)3-4/h2-3H,1H3,(H2,15,17,18). The molecule has 0 spiro atoms. The highest BCUT2D eigenvalue weighted by Gasteiger charge is 2.19. The molecule has 0 aliphatic carbocycles. The van der Waals surface area contributed by atoms with Crippen LogP contribution in [-0.2, 0) is 4.74 Å². The van der Waals surface area contributed by atoms with Crippen LogP contribution < -0.4 is 5.73 Å². The Hall–Kier alpha value is -1.63. The largest absolute Gasteiger partial charge is 0.464 e. The first-order chi connectivity index (χ1) is 9.42. The first-order valence-corrected chi connectivity index (χ1v) is 6.30. The monoisotopic (exact) mass is 332 g/mol. The van der Waals surface area contributed by atoms with Gasteiger partial charge < -0.3 is 10.5 Å². The van der Waals surface area contributed by atoms with E-state index in [4.69, 9.17) is 40.5 Å². The molecule has 0 atom stereocenters. The summed E-state index contributed by atoms with van der Waals surface area (Å²) >= 11 is 17.5. The average Bonchev–Trinajstić information content (AvgIpc) is 2.39.